The van der Waals surface area contributed by atoms with E-state index in [0.717, 1.165) is 0 Å². The first-order valence-corrected chi connectivity index (χ1v) is 4.51. The summed E-state index contributed by atoms with van der Waals surface area (Å²) >= 11 is 0. The largest absolute Gasteiger partial charge is 0.350 e. The van der Waals surface area contributed by atoms with Crippen LogP contribution in [0.25, 0.3) is 0 Å². The summed E-state index contributed by atoms with van der Waals surface area (Å²) in [5.74, 6) is -0.320. The third kappa shape index (κ3) is 2.22. The molecule has 1 amide bonds. The summed E-state index contributed by atoms with van der Waals surface area (Å²) in [7, 11) is 0. The fourth-order valence-electron chi connectivity index (χ4n) is 1.19. The molecule has 0 aliphatic rings. The van der Waals surface area contributed by atoms with Crippen molar-refractivity contribution in [3.63, 3.8) is 0 Å². The molecular formula is C10H14N2O2. The van der Waals surface area contributed by atoms with Crippen LogP contribution >= 0.6 is 0 Å². The van der Waals surface area contributed by atoms with E-state index < -0.39 is 0 Å². The maximum Gasteiger partial charge on any atom is 0.261 e. The Kier molecular flexibility index (Phi) is 3.06. The zero-order valence-electron chi connectivity index (χ0n) is 8.55. The van der Waals surface area contributed by atoms with Gasteiger partial charge in [-0.25, -0.2) is 0 Å². The quantitative estimate of drug-likeness (QED) is 0.732. The molecule has 0 fully saturated rings. The molecule has 4 nitrogen and oxygen atoms in total. The van der Waals surface area contributed by atoms with Gasteiger partial charge in [-0.15, -0.1) is 0 Å². The summed E-state index contributed by atoms with van der Waals surface area (Å²) in [6, 6.07) is 1.73. The second kappa shape index (κ2) is 4.09. The van der Waals surface area contributed by atoms with Crippen LogP contribution < -0.4 is 10.9 Å². The molecule has 0 spiro atoms. The first kappa shape index (κ1) is 10.5. The van der Waals surface area contributed by atoms with Crippen LogP contribution in [0.15, 0.2) is 17.1 Å². The third-order valence-electron chi connectivity index (χ3n) is 1.82. The van der Waals surface area contributed by atoms with Crippen LogP contribution in [-0.2, 0) is 0 Å². The lowest BCUT2D eigenvalue weighted by Gasteiger charge is -2.08. The van der Waals surface area contributed by atoms with Crippen LogP contribution in [0, 0.1) is 6.92 Å². The lowest BCUT2D eigenvalue weighted by molar-refractivity contribution is 0.0941. The SMILES string of the molecule is Cc1cc[nH]c(=O)c1C(=O)NC(C)C. The van der Waals surface area contributed by atoms with E-state index in [2.05, 4.69) is 10.3 Å². The summed E-state index contributed by atoms with van der Waals surface area (Å²) in [6.45, 7) is 5.44. The van der Waals surface area contributed by atoms with Gasteiger partial charge in [0.15, 0.2) is 0 Å². The van der Waals surface area contributed by atoms with Gasteiger partial charge in [0.05, 0.1) is 0 Å². The Hall–Kier alpha value is -1.58. The fraction of sp³-hybridized carbons (Fsp3) is 0.400. The number of pyridine rings is 1. The van der Waals surface area contributed by atoms with Crippen LogP contribution in [0.4, 0.5) is 0 Å². The van der Waals surface area contributed by atoms with E-state index in [1.807, 2.05) is 13.8 Å². The predicted octanol–water partition coefficient (Wildman–Crippen LogP) is 0.822. The van der Waals surface area contributed by atoms with E-state index >= 15 is 0 Å². The van der Waals surface area contributed by atoms with Gasteiger partial charge in [0.2, 0.25) is 0 Å². The van der Waals surface area contributed by atoms with Gasteiger partial charge in [0.25, 0.3) is 11.5 Å². The Balaban J connectivity index is 3.07. The Labute approximate surface area is 82.3 Å². The lowest BCUT2D eigenvalue weighted by Crippen LogP contribution is -2.34. The molecule has 0 saturated heterocycles. The Morgan fingerprint density at radius 1 is 1.50 bits per heavy atom. The number of hydrogen-bond donors (Lipinski definition) is 2. The highest BCUT2D eigenvalue weighted by Gasteiger charge is 2.13. The maximum atomic E-state index is 11.6. The molecule has 4 heteroatoms. The number of H-pyrrole nitrogens is 1. The van der Waals surface area contributed by atoms with Crippen molar-refractivity contribution in [1.29, 1.82) is 0 Å². The Morgan fingerprint density at radius 2 is 2.14 bits per heavy atom. The van der Waals surface area contributed by atoms with Crippen molar-refractivity contribution in [2.45, 2.75) is 26.8 Å². The van der Waals surface area contributed by atoms with Gasteiger partial charge in [0.1, 0.15) is 5.56 Å². The molecule has 2 N–H and O–H groups in total. The number of rotatable bonds is 2. The molecule has 1 aromatic rings. The topological polar surface area (TPSA) is 62.0 Å². The number of aromatic amines is 1. The van der Waals surface area contributed by atoms with Gasteiger partial charge in [-0.1, -0.05) is 0 Å². The molecule has 0 saturated carbocycles. The molecule has 14 heavy (non-hydrogen) atoms. The summed E-state index contributed by atoms with van der Waals surface area (Å²) in [6.07, 6.45) is 1.53. The molecule has 76 valence electrons. The van der Waals surface area contributed by atoms with E-state index in [0.29, 0.717) is 5.56 Å². The number of amides is 1. The zero-order chi connectivity index (χ0) is 10.7. The van der Waals surface area contributed by atoms with Gasteiger partial charge in [-0.3, -0.25) is 9.59 Å². The van der Waals surface area contributed by atoms with Crippen molar-refractivity contribution in [2.24, 2.45) is 0 Å². The van der Waals surface area contributed by atoms with E-state index in [-0.39, 0.29) is 23.1 Å². The van der Waals surface area contributed by atoms with E-state index in [4.69, 9.17) is 0 Å². The van der Waals surface area contributed by atoms with Gasteiger partial charge in [0, 0.05) is 12.2 Å². The highest BCUT2D eigenvalue weighted by molar-refractivity contribution is 5.95. The maximum absolute atomic E-state index is 11.6. The average Bonchev–Trinajstić information content (AvgIpc) is 2.01. The van der Waals surface area contributed by atoms with Crippen molar-refractivity contribution in [1.82, 2.24) is 10.3 Å². The number of hydrogen-bond acceptors (Lipinski definition) is 2. The summed E-state index contributed by atoms with van der Waals surface area (Å²) in [4.78, 5) is 25.4. The molecule has 1 rings (SSSR count). The molecule has 0 aliphatic carbocycles. The smallest absolute Gasteiger partial charge is 0.261 e. The fourth-order valence-corrected chi connectivity index (χ4v) is 1.19. The minimum absolute atomic E-state index is 0.0292. The molecular weight excluding hydrogens is 180 g/mol. The van der Waals surface area contributed by atoms with E-state index in [1.165, 1.54) is 6.20 Å². The van der Waals surface area contributed by atoms with Crippen LogP contribution in [0.2, 0.25) is 0 Å². The second-order valence-corrected chi connectivity index (χ2v) is 3.49. The molecule has 0 bridgehead atoms. The van der Waals surface area contributed by atoms with Crippen LogP contribution in [-0.4, -0.2) is 16.9 Å². The molecule has 0 unspecified atom stereocenters. The zero-order valence-corrected chi connectivity index (χ0v) is 8.55. The summed E-state index contributed by atoms with van der Waals surface area (Å²) < 4.78 is 0. The number of carbonyl (C=O) groups excluding carboxylic acids is 1. The highest BCUT2D eigenvalue weighted by atomic mass is 16.2. The number of aromatic nitrogens is 1. The summed E-state index contributed by atoms with van der Waals surface area (Å²) in [5, 5.41) is 2.68. The van der Waals surface area contributed by atoms with Gasteiger partial charge in [-0.2, -0.15) is 0 Å². The van der Waals surface area contributed by atoms with Gasteiger partial charge in [-0.05, 0) is 32.4 Å². The molecule has 0 aliphatic heterocycles. The molecule has 0 aromatic carbocycles. The third-order valence-corrected chi connectivity index (χ3v) is 1.82. The minimum Gasteiger partial charge on any atom is -0.350 e. The molecule has 0 radical (unpaired) electrons. The monoisotopic (exact) mass is 194 g/mol. The number of aryl methyl sites for hydroxylation is 1. The van der Waals surface area contributed by atoms with Crippen LogP contribution in [0.3, 0.4) is 0 Å². The van der Waals surface area contributed by atoms with E-state index in [9.17, 15) is 9.59 Å². The standard InChI is InChI=1S/C10H14N2O2/c1-6(2)12-10(14)8-7(3)4-5-11-9(8)13/h4-6H,1-3H3,(H,11,13)(H,12,14). The Morgan fingerprint density at radius 3 is 2.64 bits per heavy atom. The number of nitrogens with one attached hydrogen (secondary N) is 2. The van der Waals surface area contributed by atoms with Crippen molar-refractivity contribution < 1.29 is 4.79 Å². The Bertz CT molecular complexity index is 393. The predicted molar refractivity (Wildman–Crippen MR) is 54.4 cm³/mol. The summed E-state index contributed by atoms with van der Waals surface area (Å²) in [5.41, 5.74) is 0.538. The minimum atomic E-state index is -0.344. The van der Waals surface area contributed by atoms with Crippen molar-refractivity contribution >= 4 is 5.91 Å². The van der Waals surface area contributed by atoms with Crippen LogP contribution in [0.5, 0.6) is 0 Å². The molecule has 0 atom stereocenters. The average molecular weight is 194 g/mol. The molecule has 1 heterocycles. The van der Waals surface area contributed by atoms with Gasteiger partial charge < -0.3 is 10.3 Å². The van der Waals surface area contributed by atoms with Crippen LogP contribution in [0.1, 0.15) is 29.8 Å². The molecule has 1 aromatic heterocycles. The van der Waals surface area contributed by atoms with Crippen molar-refractivity contribution in [3.8, 4) is 0 Å². The van der Waals surface area contributed by atoms with E-state index in [1.54, 1.807) is 13.0 Å². The normalized spacial score (nSPS) is 10.3. The first-order valence-electron chi connectivity index (χ1n) is 4.51. The highest BCUT2D eigenvalue weighted by Crippen LogP contribution is 2.00. The van der Waals surface area contributed by atoms with Crippen molar-refractivity contribution in [2.75, 3.05) is 0 Å². The lowest BCUT2D eigenvalue weighted by atomic mass is 10.1. The number of carbonyl (C=O) groups is 1. The first-order chi connectivity index (χ1) is 6.52. The second-order valence-electron chi connectivity index (χ2n) is 3.49. The van der Waals surface area contributed by atoms with Crippen molar-refractivity contribution in [3.05, 3.63) is 33.7 Å². The van der Waals surface area contributed by atoms with Gasteiger partial charge >= 0.3 is 0 Å².